The van der Waals surface area contributed by atoms with E-state index in [0.717, 1.165) is 5.56 Å². The van der Waals surface area contributed by atoms with E-state index in [2.05, 4.69) is 20.5 Å². The lowest BCUT2D eigenvalue weighted by molar-refractivity contribution is -0.118. The number of H-pyrrole nitrogens is 1. The average Bonchev–Trinajstić information content (AvgIpc) is 2.94. The highest BCUT2D eigenvalue weighted by atomic mass is 16.5. The van der Waals surface area contributed by atoms with Gasteiger partial charge in [0, 0.05) is 18.4 Å². The minimum atomic E-state index is -0.682. The van der Waals surface area contributed by atoms with Crippen LogP contribution in [0.5, 0.6) is 0 Å². The Balaban J connectivity index is 2.01. The molecule has 2 rings (SSSR count). The van der Waals surface area contributed by atoms with Gasteiger partial charge in [-0.1, -0.05) is 0 Å². The van der Waals surface area contributed by atoms with Crippen molar-refractivity contribution in [3.8, 4) is 11.4 Å². The van der Waals surface area contributed by atoms with Crippen molar-refractivity contribution in [3.05, 3.63) is 30.6 Å². The van der Waals surface area contributed by atoms with Gasteiger partial charge in [0.1, 0.15) is 12.4 Å². The molecule has 2 aromatic rings. The zero-order valence-electron chi connectivity index (χ0n) is 10.5. The predicted octanol–water partition coefficient (Wildman–Crippen LogP) is 0.384. The fourth-order valence-corrected chi connectivity index (χ4v) is 1.55. The van der Waals surface area contributed by atoms with Crippen LogP contribution in [0.1, 0.15) is 0 Å². The summed E-state index contributed by atoms with van der Waals surface area (Å²) in [7, 11) is 1.50. The molecule has 1 heterocycles. The quantitative estimate of drug-likeness (QED) is 0.721. The first-order valence-electron chi connectivity index (χ1n) is 5.72. The van der Waals surface area contributed by atoms with Crippen LogP contribution < -0.4 is 11.1 Å². The third kappa shape index (κ3) is 3.36. The van der Waals surface area contributed by atoms with E-state index in [-0.39, 0.29) is 12.5 Å². The van der Waals surface area contributed by atoms with E-state index in [1.807, 2.05) is 12.1 Å². The maximum Gasteiger partial charge on any atom is 0.243 e. The molecule has 0 aliphatic heterocycles. The van der Waals surface area contributed by atoms with E-state index in [1.165, 1.54) is 13.4 Å². The second-order valence-electron chi connectivity index (χ2n) is 3.96. The number of rotatable bonds is 5. The van der Waals surface area contributed by atoms with E-state index in [0.29, 0.717) is 11.5 Å². The summed E-state index contributed by atoms with van der Waals surface area (Å²) in [6, 6.07) is 6.53. The molecule has 0 fully saturated rings. The number of nitrogens with one attached hydrogen (secondary N) is 2. The van der Waals surface area contributed by atoms with E-state index in [4.69, 9.17) is 10.5 Å². The van der Waals surface area contributed by atoms with Gasteiger partial charge >= 0.3 is 0 Å². The van der Waals surface area contributed by atoms with Gasteiger partial charge in [0.25, 0.3) is 0 Å². The van der Waals surface area contributed by atoms with E-state index < -0.39 is 6.04 Å². The third-order valence-electron chi connectivity index (χ3n) is 2.52. The third-order valence-corrected chi connectivity index (χ3v) is 2.52. The summed E-state index contributed by atoms with van der Waals surface area (Å²) >= 11 is 0. The minimum Gasteiger partial charge on any atom is -0.383 e. The van der Waals surface area contributed by atoms with Gasteiger partial charge < -0.3 is 15.8 Å². The molecule has 0 aliphatic rings. The summed E-state index contributed by atoms with van der Waals surface area (Å²) in [5.74, 6) is 0.392. The fraction of sp³-hybridized carbons (Fsp3) is 0.250. The Morgan fingerprint density at radius 1 is 1.47 bits per heavy atom. The number of aromatic amines is 1. The van der Waals surface area contributed by atoms with E-state index >= 15 is 0 Å². The number of ether oxygens (including phenoxy) is 1. The predicted molar refractivity (Wildman–Crippen MR) is 70.3 cm³/mol. The normalized spacial score (nSPS) is 12.1. The average molecular weight is 261 g/mol. The van der Waals surface area contributed by atoms with Gasteiger partial charge in [-0.15, -0.1) is 0 Å². The van der Waals surface area contributed by atoms with Gasteiger partial charge in [-0.25, -0.2) is 4.98 Å². The van der Waals surface area contributed by atoms with Crippen molar-refractivity contribution in [2.45, 2.75) is 6.04 Å². The van der Waals surface area contributed by atoms with Gasteiger partial charge in [0.2, 0.25) is 5.91 Å². The van der Waals surface area contributed by atoms with Crippen LogP contribution in [0.15, 0.2) is 30.6 Å². The number of benzene rings is 1. The smallest absolute Gasteiger partial charge is 0.243 e. The maximum atomic E-state index is 11.7. The molecular formula is C12H15N5O2. The number of carbonyl (C=O) groups excluding carboxylic acids is 1. The minimum absolute atomic E-state index is 0.183. The van der Waals surface area contributed by atoms with Gasteiger partial charge in [-0.3, -0.25) is 9.89 Å². The summed E-state index contributed by atoms with van der Waals surface area (Å²) in [6.45, 7) is 0.183. The topological polar surface area (TPSA) is 106 Å². The van der Waals surface area contributed by atoms with Gasteiger partial charge in [-0.2, -0.15) is 5.10 Å². The molecule has 0 saturated heterocycles. The zero-order valence-corrected chi connectivity index (χ0v) is 10.5. The second kappa shape index (κ2) is 6.07. The van der Waals surface area contributed by atoms with Gasteiger partial charge in [0.15, 0.2) is 5.82 Å². The molecule has 100 valence electrons. The molecule has 0 saturated carbocycles. The molecule has 7 nitrogen and oxygen atoms in total. The number of nitrogens with zero attached hydrogens (tertiary/aromatic N) is 2. The van der Waals surface area contributed by atoms with Crippen molar-refractivity contribution in [2.24, 2.45) is 5.73 Å². The molecule has 7 heteroatoms. The number of anilines is 1. The molecule has 0 aliphatic carbocycles. The Morgan fingerprint density at radius 3 is 2.79 bits per heavy atom. The zero-order chi connectivity index (χ0) is 13.7. The van der Waals surface area contributed by atoms with E-state index in [1.54, 1.807) is 12.1 Å². The summed E-state index contributed by atoms with van der Waals surface area (Å²) in [5, 5.41) is 9.25. The Bertz CT molecular complexity index is 524. The molecule has 1 amide bonds. The van der Waals surface area contributed by atoms with Crippen LogP contribution in [0.3, 0.4) is 0 Å². The molecule has 0 spiro atoms. The van der Waals surface area contributed by atoms with Crippen molar-refractivity contribution in [1.29, 1.82) is 0 Å². The second-order valence-corrected chi connectivity index (χ2v) is 3.96. The lowest BCUT2D eigenvalue weighted by atomic mass is 10.2. The fourth-order valence-electron chi connectivity index (χ4n) is 1.55. The number of amides is 1. The number of hydrogen-bond donors (Lipinski definition) is 3. The molecule has 19 heavy (non-hydrogen) atoms. The first-order valence-corrected chi connectivity index (χ1v) is 5.72. The molecule has 0 radical (unpaired) electrons. The SMILES string of the molecule is COCC(N)C(=O)Nc1ccc(-c2ncn[nH]2)cc1. The highest BCUT2D eigenvalue weighted by Gasteiger charge is 2.13. The standard InChI is InChI=1S/C12H15N5O2/c1-19-6-10(13)12(18)16-9-4-2-8(3-5-9)11-14-7-15-17-11/h2-5,7,10H,6,13H2,1H3,(H,16,18)(H,14,15,17). The monoisotopic (exact) mass is 261 g/mol. The Labute approximate surface area is 110 Å². The van der Waals surface area contributed by atoms with Crippen molar-refractivity contribution < 1.29 is 9.53 Å². The van der Waals surface area contributed by atoms with Crippen molar-refractivity contribution in [1.82, 2.24) is 15.2 Å². The van der Waals surface area contributed by atoms with Gasteiger partial charge in [-0.05, 0) is 24.3 Å². The number of hydrogen-bond acceptors (Lipinski definition) is 5. The van der Waals surface area contributed by atoms with E-state index in [9.17, 15) is 4.79 Å². The number of methoxy groups -OCH3 is 1. The van der Waals surface area contributed by atoms with Crippen molar-refractivity contribution >= 4 is 11.6 Å². The van der Waals surface area contributed by atoms with Crippen LogP contribution in [0, 0.1) is 0 Å². The Kier molecular flexibility index (Phi) is 4.22. The number of aromatic nitrogens is 3. The van der Waals surface area contributed by atoms with Gasteiger partial charge in [0.05, 0.1) is 6.61 Å². The Morgan fingerprint density at radius 2 is 2.21 bits per heavy atom. The lowest BCUT2D eigenvalue weighted by Crippen LogP contribution is -2.39. The largest absolute Gasteiger partial charge is 0.383 e. The molecule has 1 aromatic heterocycles. The highest BCUT2D eigenvalue weighted by Crippen LogP contribution is 2.17. The summed E-state index contributed by atoms with van der Waals surface area (Å²) in [6.07, 6.45) is 1.44. The van der Waals surface area contributed by atoms with Crippen molar-refractivity contribution in [3.63, 3.8) is 0 Å². The van der Waals surface area contributed by atoms with Crippen LogP contribution in [0.25, 0.3) is 11.4 Å². The highest BCUT2D eigenvalue weighted by molar-refractivity contribution is 5.94. The van der Waals surface area contributed by atoms with Crippen molar-refractivity contribution in [2.75, 3.05) is 19.0 Å². The molecular weight excluding hydrogens is 246 g/mol. The lowest BCUT2D eigenvalue weighted by Gasteiger charge is -2.11. The number of carbonyl (C=O) groups is 1. The van der Waals surface area contributed by atoms with Crippen LogP contribution >= 0.6 is 0 Å². The molecule has 1 atom stereocenters. The summed E-state index contributed by atoms with van der Waals surface area (Å²) in [4.78, 5) is 15.7. The molecule has 0 bridgehead atoms. The molecule has 1 aromatic carbocycles. The van der Waals surface area contributed by atoms with Crippen LogP contribution in [0.2, 0.25) is 0 Å². The van der Waals surface area contributed by atoms with Crippen LogP contribution in [-0.2, 0) is 9.53 Å². The number of nitrogens with two attached hydrogens (primary N) is 1. The Hall–Kier alpha value is -2.25. The molecule has 4 N–H and O–H groups in total. The van der Waals surface area contributed by atoms with Crippen LogP contribution in [-0.4, -0.2) is 40.8 Å². The first-order chi connectivity index (χ1) is 9.20. The first kappa shape index (κ1) is 13.2. The molecule has 1 unspecified atom stereocenters. The van der Waals surface area contributed by atoms with Crippen LogP contribution in [0.4, 0.5) is 5.69 Å². The maximum absolute atomic E-state index is 11.7. The summed E-state index contributed by atoms with van der Waals surface area (Å²) in [5.41, 5.74) is 7.17. The summed E-state index contributed by atoms with van der Waals surface area (Å²) < 4.78 is 4.83.